The van der Waals surface area contributed by atoms with Gasteiger partial charge in [-0.05, 0) is 81.0 Å². The number of aliphatic hydroxyl groups excluding tert-OH is 1. The number of nitrogens with zero attached hydrogens (tertiary/aromatic N) is 1. The Kier molecular flexibility index (Phi) is 14.4. The molecular formula is C48H57F3IrNO3S-. The van der Waals surface area contributed by atoms with Crippen LogP contribution in [-0.4, -0.2) is 27.7 Å². The van der Waals surface area contributed by atoms with Gasteiger partial charge in [-0.1, -0.05) is 114 Å². The Morgan fingerprint density at radius 2 is 1.51 bits per heavy atom. The smallest absolute Gasteiger partial charge is 0.394 e. The Morgan fingerprint density at radius 1 is 0.912 bits per heavy atom. The monoisotopic (exact) mass is 977 g/mol. The number of carbonyl (C=O) groups is 1. The van der Waals surface area contributed by atoms with Crippen LogP contribution in [0.3, 0.4) is 0 Å². The first-order chi connectivity index (χ1) is 26.2. The molecule has 0 fully saturated rings. The van der Waals surface area contributed by atoms with E-state index in [1.165, 1.54) is 25.5 Å². The van der Waals surface area contributed by atoms with Crippen LogP contribution in [0.2, 0.25) is 0 Å². The number of ketones is 1. The number of hydrogen-bond donors (Lipinski definition) is 1. The van der Waals surface area contributed by atoms with Gasteiger partial charge in [0.15, 0.2) is 5.78 Å². The molecule has 6 rings (SSSR count). The normalized spacial score (nSPS) is 15.0. The predicted octanol–water partition coefficient (Wildman–Crippen LogP) is 14.3. The van der Waals surface area contributed by atoms with Gasteiger partial charge >= 0.3 is 6.18 Å². The zero-order chi connectivity index (χ0) is 41.4. The SMILES string of the molecule is CCC(CC)C(=O)/C=C(\O)C(CC)CC.Cc1c(-c2ccc(CC(C)(C)C(F)(F)F)cc2)sc2c(-c3[c-]c4ccccc4c4c3OC(C)(C)C4(C)C)nccc12.[Ir]. The average Bonchev–Trinajstić information content (AvgIpc) is 3.57. The summed E-state index contributed by atoms with van der Waals surface area (Å²) in [4.78, 5) is 17.7. The second-order valence-electron chi connectivity index (χ2n) is 16.8. The summed E-state index contributed by atoms with van der Waals surface area (Å²) in [6, 6.07) is 21.5. The molecule has 309 valence electrons. The number of pyridine rings is 1. The Labute approximate surface area is 354 Å². The quantitative estimate of drug-likeness (QED) is 0.0814. The van der Waals surface area contributed by atoms with Gasteiger partial charge in [-0.25, -0.2) is 0 Å². The number of aryl methyl sites for hydroxylation is 1. The number of hydrogen-bond acceptors (Lipinski definition) is 5. The standard InChI is InChI=1S/C35H33F3NOS.C13H24O2.Ir/c1-20-24-16-17-39-28(26-18-23-10-8-9-11-25(23)27-29(26)40-34(6,7)33(27,4)5)31(24)41-30(20)22-14-12-21(13-15-22)19-32(2,3)35(36,37)38;1-5-10(6-2)12(14)9-13(15)11(7-3)8-4;/h8-17H,19H2,1-7H3;9-11,14H,5-8H2,1-4H3;/q-1;;/b;12-9-;. The summed E-state index contributed by atoms with van der Waals surface area (Å²) in [5, 5.41) is 13.0. The summed E-state index contributed by atoms with van der Waals surface area (Å²) in [5.74, 6) is 1.38. The van der Waals surface area contributed by atoms with Crippen LogP contribution in [0.5, 0.6) is 5.75 Å². The molecule has 1 aliphatic heterocycles. The van der Waals surface area contributed by atoms with Crippen molar-refractivity contribution in [1.29, 1.82) is 0 Å². The molecule has 1 N–H and O–H groups in total. The molecule has 1 radical (unpaired) electrons. The Bertz CT molecular complexity index is 2230. The molecule has 3 heterocycles. The van der Waals surface area contributed by atoms with Crippen molar-refractivity contribution in [2.45, 2.75) is 125 Å². The minimum atomic E-state index is -4.26. The first kappa shape index (κ1) is 46.2. The van der Waals surface area contributed by atoms with Crippen LogP contribution < -0.4 is 4.74 Å². The van der Waals surface area contributed by atoms with Crippen LogP contribution in [0.15, 0.2) is 72.6 Å². The van der Waals surface area contributed by atoms with Crippen molar-refractivity contribution in [3.8, 4) is 27.4 Å². The summed E-state index contributed by atoms with van der Waals surface area (Å²) < 4.78 is 48.1. The first-order valence-corrected chi connectivity index (χ1v) is 20.7. The van der Waals surface area contributed by atoms with Crippen LogP contribution >= 0.6 is 11.3 Å². The van der Waals surface area contributed by atoms with Gasteiger partial charge in [-0.15, -0.1) is 28.9 Å². The third-order valence-electron chi connectivity index (χ3n) is 12.2. The molecule has 0 saturated carbocycles. The number of halogens is 3. The zero-order valence-electron chi connectivity index (χ0n) is 35.1. The van der Waals surface area contributed by atoms with E-state index in [9.17, 15) is 23.1 Å². The van der Waals surface area contributed by atoms with Crippen LogP contribution in [0, 0.1) is 30.2 Å². The molecule has 0 aliphatic carbocycles. The van der Waals surface area contributed by atoms with E-state index >= 15 is 0 Å². The van der Waals surface area contributed by atoms with E-state index in [0.29, 0.717) is 5.56 Å². The molecule has 2 aromatic heterocycles. The van der Waals surface area contributed by atoms with Crippen LogP contribution in [0.4, 0.5) is 13.2 Å². The molecule has 57 heavy (non-hydrogen) atoms. The van der Waals surface area contributed by atoms with Gasteiger partial charge in [0, 0.05) is 64.9 Å². The fourth-order valence-electron chi connectivity index (χ4n) is 7.59. The average molecular weight is 977 g/mol. The molecule has 0 atom stereocenters. The van der Waals surface area contributed by atoms with Crippen molar-refractivity contribution >= 4 is 38.0 Å². The van der Waals surface area contributed by atoms with Gasteiger partial charge in [-0.2, -0.15) is 13.2 Å². The summed E-state index contributed by atoms with van der Waals surface area (Å²) in [6.07, 6.45) is 2.42. The number of rotatable bonds is 11. The number of alkyl halides is 3. The van der Waals surface area contributed by atoms with E-state index in [0.717, 1.165) is 79.6 Å². The van der Waals surface area contributed by atoms with Crippen molar-refractivity contribution in [1.82, 2.24) is 4.98 Å². The Morgan fingerprint density at radius 3 is 2.09 bits per heavy atom. The number of allylic oxidation sites excluding steroid dienone is 2. The molecule has 1 aliphatic rings. The molecule has 0 unspecified atom stereocenters. The van der Waals surface area contributed by atoms with Gasteiger partial charge in [0.1, 0.15) is 5.60 Å². The number of aliphatic hydroxyl groups is 1. The van der Waals surface area contributed by atoms with Crippen molar-refractivity contribution in [3.63, 3.8) is 0 Å². The van der Waals surface area contributed by atoms with E-state index in [1.807, 2.05) is 70.3 Å². The van der Waals surface area contributed by atoms with Crippen molar-refractivity contribution in [3.05, 3.63) is 95.4 Å². The topological polar surface area (TPSA) is 59.4 Å². The molecule has 5 aromatic rings. The predicted molar refractivity (Wildman–Crippen MR) is 227 cm³/mol. The maximum atomic E-state index is 13.5. The summed E-state index contributed by atoms with van der Waals surface area (Å²) >= 11 is 1.65. The van der Waals surface area contributed by atoms with Gasteiger partial charge in [0.2, 0.25) is 0 Å². The third-order valence-corrected chi connectivity index (χ3v) is 13.6. The Balaban J connectivity index is 0.000000385. The van der Waals surface area contributed by atoms with Gasteiger partial charge in [0.05, 0.1) is 16.9 Å². The van der Waals surface area contributed by atoms with E-state index < -0.39 is 17.2 Å². The van der Waals surface area contributed by atoms with Crippen molar-refractivity contribution < 1.29 is 47.9 Å². The van der Waals surface area contributed by atoms with Crippen LogP contribution in [0.25, 0.3) is 42.6 Å². The Hall–Kier alpha value is -3.52. The molecule has 4 nitrogen and oxygen atoms in total. The fraction of sp³-hybridized carbons (Fsp3) is 0.458. The number of thiophene rings is 1. The van der Waals surface area contributed by atoms with Gasteiger partial charge < -0.3 is 9.84 Å². The molecular weight excluding hydrogens is 920 g/mol. The molecule has 0 saturated heterocycles. The number of fused-ring (bicyclic) bond motifs is 4. The number of benzene rings is 3. The third kappa shape index (κ3) is 9.06. The van der Waals surface area contributed by atoms with Crippen molar-refractivity contribution in [2.24, 2.45) is 17.3 Å². The second-order valence-corrected chi connectivity index (χ2v) is 17.9. The summed E-state index contributed by atoms with van der Waals surface area (Å²) in [6.45, 7) is 21.4. The summed E-state index contributed by atoms with van der Waals surface area (Å²) in [7, 11) is 0. The van der Waals surface area contributed by atoms with E-state index in [2.05, 4.69) is 58.9 Å². The first-order valence-electron chi connectivity index (χ1n) is 19.9. The minimum Gasteiger partial charge on any atom is -0.521 e. The maximum Gasteiger partial charge on any atom is 0.394 e. The number of aromatic nitrogens is 1. The van der Waals surface area contributed by atoms with Crippen LogP contribution in [0.1, 0.15) is 112 Å². The molecule has 0 amide bonds. The summed E-state index contributed by atoms with van der Waals surface area (Å²) in [5.41, 5.74) is 3.20. The van der Waals surface area contributed by atoms with Crippen LogP contribution in [-0.2, 0) is 36.7 Å². The zero-order valence-corrected chi connectivity index (χ0v) is 38.3. The van der Waals surface area contributed by atoms with Gasteiger partial charge in [0.25, 0.3) is 0 Å². The molecule has 0 spiro atoms. The van der Waals surface area contributed by atoms with E-state index in [1.54, 1.807) is 11.3 Å². The second kappa shape index (κ2) is 17.8. The van der Waals surface area contributed by atoms with E-state index in [-0.39, 0.29) is 55.3 Å². The molecule has 0 bridgehead atoms. The van der Waals surface area contributed by atoms with E-state index in [4.69, 9.17) is 9.72 Å². The fourth-order valence-corrected chi connectivity index (χ4v) is 8.89. The maximum absolute atomic E-state index is 13.5. The number of ether oxygens (including phenoxy) is 1. The molecule has 3 aromatic carbocycles. The number of carbonyl (C=O) groups excluding carboxylic acids is 1. The molecule has 9 heteroatoms. The van der Waals surface area contributed by atoms with Gasteiger partial charge in [-0.3, -0.25) is 9.78 Å². The minimum absolute atomic E-state index is 0. The largest absolute Gasteiger partial charge is 0.521 e. The van der Waals surface area contributed by atoms with Crippen molar-refractivity contribution in [2.75, 3.05) is 0 Å².